The first-order valence-corrected chi connectivity index (χ1v) is 3.72. The normalized spacial score (nSPS) is 11.7. The van der Waals surface area contributed by atoms with Crippen molar-refractivity contribution in [2.45, 2.75) is 19.6 Å². The van der Waals surface area contributed by atoms with Gasteiger partial charge in [0.05, 0.1) is 6.20 Å². The molecule has 1 aromatic heterocycles. The third-order valence-electron chi connectivity index (χ3n) is 1.39. The second-order valence-corrected chi connectivity index (χ2v) is 2.40. The van der Waals surface area contributed by atoms with Gasteiger partial charge in [-0.05, 0) is 6.92 Å². The Hall–Kier alpha value is -1.27. The van der Waals surface area contributed by atoms with Crippen molar-refractivity contribution >= 4 is 5.82 Å². The molecule has 0 unspecified atom stereocenters. The highest BCUT2D eigenvalue weighted by molar-refractivity contribution is 5.30. The molecule has 1 rings (SSSR count). The Kier molecular flexibility index (Phi) is 2.74. The van der Waals surface area contributed by atoms with E-state index in [1.54, 1.807) is 6.92 Å². The van der Waals surface area contributed by atoms with E-state index in [2.05, 4.69) is 15.6 Å². The summed E-state index contributed by atoms with van der Waals surface area (Å²) in [5.74, 6) is 0.278. The van der Waals surface area contributed by atoms with Gasteiger partial charge < -0.3 is 5.32 Å². The SMILES string of the molecule is CCn1nncc1NCC(F)(F)F. The smallest absolute Gasteiger partial charge is 0.360 e. The molecule has 0 fully saturated rings. The van der Waals surface area contributed by atoms with Gasteiger partial charge in [-0.3, -0.25) is 0 Å². The Labute approximate surface area is 72.7 Å². The minimum Gasteiger partial charge on any atom is -0.360 e. The molecule has 0 aliphatic rings. The molecule has 0 radical (unpaired) electrons. The van der Waals surface area contributed by atoms with Crippen LogP contribution < -0.4 is 5.32 Å². The van der Waals surface area contributed by atoms with Gasteiger partial charge in [0.2, 0.25) is 0 Å². The van der Waals surface area contributed by atoms with E-state index < -0.39 is 12.7 Å². The van der Waals surface area contributed by atoms with Gasteiger partial charge in [0.15, 0.2) is 0 Å². The van der Waals surface area contributed by atoms with Crippen LogP contribution in [0.3, 0.4) is 0 Å². The van der Waals surface area contributed by atoms with Crippen LogP contribution in [0.2, 0.25) is 0 Å². The zero-order valence-electron chi connectivity index (χ0n) is 6.97. The summed E-state index contributed by atoms with van der Waals surface area (Å²) in [5.41, 5.74) is 0. The van der Waals surface area contributed by atoms with Gasteiger partial charge in [0.25, 0.3) is 0 Å². The van der Waals surface area contributed by atoms with Crippen LogP contribution in [0.5, 0.6) is 0 Å². The Morgan fingerprint density at radius 3 is 2.77 bits per heavy atom. The topological polar surface area (TPSA) is 42.7 Å². The van der Waals surface area contributed by atoms with Crippen molar-refractivity contribution in [2.75, 3.05) is 11.9 Å². The number of anilines is 1. The van der Waals surface area contributed by atoms with Crippen LogP contribution in [-0.4, -0.2) is 27.7 Å². The fourth-order valence-electron chi connectivity index (χ4n) is 0.819. The molecule has 0 spiro atoms. The number of hydrogen-bond acceptors (Lipinski definition) is 3. The standard InChI is InChI=1S/C6H9F3N4/c1-2-13-5(3-11-12-13)10-4-6(7,8)9/h3,10H,2,4H2,1H3. The van der Waals surface area contributed by atoms with Crippen molar-refractivity contribution in [3.05, 3.63) is 6.20 Å². The highest BCUT2D eigenvalue weighted by Gasteiger charge is 2.27. The maximum atomic E-state index is 11.8. The van der Waals surface area contributed by atoms with E-state index in [0.717, 1.165) is 0 Å². The Morgan fingerprint density at radius 2 is 2.23 bits per heavy atom. The van der Waals surface area contributed by atoms with Gasteiger partial charge in [-0.25, -0.2) is 4.68 Å². The van der Waals surface area contributed by atoms with Gasteiger partial charge in [0.1, 0.15) is 12.4 Å². The second-order valence-electron chi connectivity index (χ2n) is 2.40. The molecule has 13 heavy (non-hydrogen) atoms. The summed E-state index contributed by atoms with van der Waals surface area (Å²) in [5, 5.41) is 9.25. The summed E-state index contributed by atoms with van der Waals surface area (Å²) >= 11 is 0. The first-order chi connectivity index (χ1) is 6.03. The molecule has 0 bridgehead atoms. The van der Waals surface area contributed by atoms with Crippen LogP contribution >= 0.6 is 0 Å². The lowest BCUT2D eigenvalue weighted by Gasteiger charge is -2.09. The third kappa shape index (κ3) is 2.92. The molecule has 74 valence electrons. The van der Waals surface area contributed by atoms with Crippen molar-refractivity contribution < 1.29 is 13.2 Å². The first-order valence-electron chi connectivity index (χ1n) is 3.72. The van der Waals surface area contributed by atoms with Gasteiger partial charge in [-0.2, -0.15) is 13.2 Å². The third-order valence-corrected chi connectivity index (χ3v) is 1.39. The van der Waals surface area contributed by atoms with Gasteiger partial charge in [0, 0.05) is 6.54 Å². The fraction of sp³-hybridized carbons (Fsp3) is 0.667. The number of halogens is 3. The average molecular weight is 194 g/mol. The molecule has 0 aliphatic heterocycles. The lowest BCUT2D eigenvalue weighted by molar-refractivity contribution is -0.115. The van der Waals surface area contributed by atoms with E-state index in [4.69, 9.17) is 0 Å². The van der Waals surface area contributed by atoms with E-state index in [0.29, 0.717) is 6.54 Å². The summed E-state index contributed by atoms with van der Waals surface area (Å²) in [6.45, 7) is 1.19. The molecule has 0 aromatic carbocycles. The van der Waals surface area contributed by atoms with Crippen LogP contribution in [0.4, 0.5) is 19.0 Å². The predicted molar refractivity (Wildman–Crippen MR) is 40.2 cm³/mol. The Balaban J connectivity index is 2.54. The molecule has 0 amide bonds. The molecular formula is C6H9F3N4. The number of alkyl halides is 3. The van der Waals surface area contributed by atoms with Crippen LogP contribution in [0, 0.1) is 0 Å². The molecule has 1 aromatic rings. The van der Waals surface area contributed by atoms with E-state index >= 15 is 0 Å². The summed E-state index contributed by atoms with van der Waals surface area (Å²) in [4.78, 5) is 0. The van der Waals surface area contributed by atoms with Crippen LogP contribution in [0.1, 0.15) is 6.92 Å². The quantitative estimate of drug-likeness (QED) is 0.787. The van der Waals surface area contributed by atoms with Crippen LogP contribution in [0.15, 0.2) is 6.20 Å². The van der Waals surface area contributed by atoms with Crippen molar-refractivity contribution in [3.63, 3.8) is 0 Å². The zero-order chi connectivity index (χ0) is 9.90. The maximum Gasteiger partial charge on any atom is 0.405 e. The number of hydrogen-bond donors (Lipinski definition) is 1. The molecule has 0 aliphatic carbocycles. The number of nitrogens with zero attached hydrogens (tertiary/aromatic N) is 3. The average Bonchev–Trinajstić information content (AvgIpc) is 2.46. The highest BCUT2D eigenvalue weighted by Crippen LogP contribution is 2.15. The summed E-state index contributed by atoms with van der Waals surface area (Å²) in [6, 6.07) is 0. The summed E-state index contributed by atoms with van der Waals surface area (Å²) in [6.07, 6.45) is -2.96. The molecule has 0 atom stereocenters. The molecule has 4 nitrogen and oxygen atoms in total. The lowest BCUT2D eigenvalue weighted by atomic mass is 10.6. The Morgan fingerprint density at radius 1 is 1.54 bits per heavy atom. The second kappa shape index (κ2) is 3.63. The predicted octanol–water partition coefficient (Wildman–Crippen LogP) is 1.27. The number of rotatable bonds is 3. The minimum atomic E-state index is -4.22. The van der Waals surface area contributed by atoms with E-state index in [9.17, 15) is 13.2 Å². The largest absolute Gasteiger partial charge is 0.405 e. The maximum absolute atomic E-state index is 11.8. The van der Waals surface area contributed by atoms with E-state index in [1.165, 1.54) is 10.9 Å². The van der Waals surface area contributed by atoms with Crippen molar-refractivity contribution in [3.8, 4) is 0 Å². The number of aromatic nitrogens is 3. The molecule has 0 saturated carbocycles. The van der Waals surface area contributed by atoms with Crippen molar-refractivity contribution in [2.24, 2.45) is 0 Å². The van der Waals surface area contributed by atoms with Gasteiger partial charge in [-0.1, -0.05) is 5.21 Å². The molecule has 1 N–H and O–H groups in total. The minimum absolute atomic E-state index is 0.278. The Bertz CT molecular complexity index is 267. The summed E-state index contributed by atoms with van der Waals surface area (Å²) in [7, 11) is 0. The summed E-state index contributed by atoms with van der Waals surface area (Å²) < 4.78 is 36.7. The molecule has 1 heterocycles. The monoisotopic (exact) mass is 194 g/mol. The molecule has 7 heteroatoms. The first kappa shape index (κ1) is 9.82. The molecular weight excluding hydrogens is 185 g/mol. The lowest BCUT2D eigenvalue weighted by Crippen LogP contribution is -2.22. The van der Waals surface area contributed by atoms with E-state index in [1.807, 2.05) is 0 Å². The fourth-order valence-corrected chi connectivity index (χ4v) is 0.819. The van der Waals surface area contributed by atoms with E-state index in [-0.39, 0.29) is 5.82 Å². The highest BCUT2D eigenvalue weighted by atomic mass is 19.4. The zero-order valence-corrected chi connectivity index (χ0v) is 6.97. The number of nitrogens with one attached hydrogen (secondary N) is 1. The van der Waals surface area contributed by atoms with Crippen LogP contribution in [0.25, 0.3) is 0 Å². The van der Waals surface area contributed by atoms with Crippen LogP contribution in [-0.2, 0) is 6.54 Å². The van der Waals surface area contributed by atoms with Gasteiger partial charge >= 0.3 is 6.18 Å². The van der Waals surface area contributed by atoms with Crippen molar-refractivity contribution in [1.82, 2.24) is 15.0 Å². The molecule has 0 saturated heterocycles. The van der Waals surface area contributed by atoms with Gasteiger partial charge in [-0.15, -0.1) is 5.10 Å². The number of aryl methyl sites for hydroxylation is 1. The van der Waals surface area contributed by atoms with Crippen molar-refractivity contribution in [1.29, 1.82) is 0 Å².